The highest BCUT2D eigenvalue weighted by Crippen LogP contribution is 2.19. The van der Waals surface area contributed by atoms with Crippen LogP contribution in [0.4, 0.5) is 26.2 Å². The van der Waals surface area contributed by atoms with Crippen molar-refractivity contribution in [1.29, 1.82) is 0 Å². The number of carbonyl (C=O) groups is 1. The van der Waals surface area contributed by atoms with Crippen molar-refractivity contribution in [2.45, 2.75) is 0 Å². The Labute approximate surface area is 166 Å². The predicted molar refractivity (Wildman–Crippen MR) is 104 cm³/mol. The zero-order valence-corrected chi connectivity index (χ0v) is 15.4. The van der Waals surface area contributed by atoms with Gasteiger partial charge in [-0.3, -0.25) is 4.79 Å². The summed E-state index contributed by atoms with van der Waals surface area (Å²) in [5.41, 5.74) is 0.140. The van der Waals surface area contributed by atoms with Crippen LogP contribution in [0.2, 0.25) is 0 Å². The van der Waals surface area contributed by atoms with Crippen LogP contribution in [0.25, 0.3) is 0 Å². The largest absolute Gasteiger partial charge is 0.353 e. The van der Waals surface area contributed by atoms with E-state index in [1.807, 2.05) is 29.2 Å². The molecule has 0 radical (unpaired) electrons. The number of hydrogen-bond acceptors (Lipinski definition) is 6. The van der Waals surface area contributed by atoms with Gasteiger partial charge in [0.05, 0.1) is 0 Å². The second kappa shape index (κ2) is 8.17. The molecule has 1 amide bonds. The van der Waals surface area contributed by atoms with E-state index in [2.05, 4.69) is 20.3 Å². The molecule has 0 saturated carbocycles. The normalized spacial score (nSPS) is 14.0. The van der Waals surface area contributed by atoms with E-state index in [0.717, 1.165) is 18.0 Å². The fourth-order valence-electron chi connectivity index (χ4n) is 3.11. The van der Waals surface area contributed by atoms with Crippen LogP contribution >= 0.6 is 0 Å². The Balaban J connectivity index is 1.40. The molecule has 0 spiro atoms. The minimum Gasteiger partial charge on any atom is -0.353 e. The van der Waals surface area contributed by atoms with Gasteiger partial charge in [0, 0.05) is 44.0 Å². The maximum atomic E-state index is 13.4. The first-order valence-electron chi connectivity index (χ1n) is 9.09. The van der Waals surface area contributed by atoms with Crippen LogP contribution in [-0.4, -0.2) is 51.9 Å². The Kier molecular flexibility index (Phi) is 5.28. The summed E-state index contributed by atoms with van der Waals surface area (Å²) >= 11 is 0. The lowest BCUT2D eigenvalue weighted by molar-refractivity contribution is 0.0746. The number of piperazine rings is 1. The molecule has 0 bridgehead atoms. The van der Waals surface area contributed by atoms with Crippen molar-refractivity contribution in [3.63, 3.8) is 0 Å². The number of nitrogens with zero attached hydrogens (tertiary/aromatic N) is 5. The predicted octanol–water partition coefficient (Wildman–Crippen LogP) is 2.86. The molecular weight excluding hydrogens is 378 g/mol. The fraction of sp³-hybridized carbons (Fsp3) is 0.200. The van der Waals surface area contributed by atoms with E-state index in [9.17, 15) is 13.6 Å². The van der Waals surface area contributed by atoms with Crippen LogP contribution in [0.3, 0.4) is 0 Å². The highest BCUT2D eigenvalue weighted by molar-refractivity contribution is 5.94. The highest BCUT2D eigenvalue weighted by Gasteiger charge is 2.23. The van der Waals surface area contributed by atoms with E-state index in [0.29, 0.717) is 37.8 Å². The number of benzene rings is 1. The lowest BCUT2D eigenvalue weighted by atomic mass is 10.1. The summed E-state index contributed by atoms with van der Waals surface area (Å²) in [6.45, 7) is 2.03. The van der Waals surface area contributed by atoms with E-state index < -0.39 is 11.6 Å². The second-order valence-electron chi connectivity index (χ2n) is 6.51. The lowest BCUT2D eigenvalue weighted by Gasteiger charge is -2.35. The number of carbonyl (C=O) groups excluding carboxylic acids is 1. The quantitative estimate of drug-likeness (QED) is 0.731. The molecule has 3 aromatic rings. The van der Waals surface area contributed by atoms with Crippen LogP contribution in [0.15, 0.2) is 55.0 Å². The topological polar surface area (TPSA) is 74.2 Å². The molecule has 0 aliphatic carbocycles. The van der Waals surface area contributed by atoms with Crippen molar-refractivity contribution in [2.24, 2.45) is 0 Å². The van der Waals surface area contributed by atoms with Crippen LogP contribution in [0, 0.1) is 11.6 Å². The Hall–Kier alpha value is -3.62. The van der Waals surface area contributed by atoms with Gasteiger partial charge in [-0.1, -0.05) is 6.07 Å². The first-order chi connectivity index (χ1) is 14.1. The molecule has 1 aliphatic heterocycles. The summed E-state index contributed by atoms with van der Waals surface area (Å²) < 4.78 is 26.5. The summed E-state index contributed by atoms with van der Waals surface area (Å²) in [6, 6.07) is 10.6. The standard InChI is InChI=1S/C20H18F2N6O/c21-15-5-4-14(11-16(15)22)20(29)28-9-7-27(8-10-28)19-12-18(24-13-25-19)26-17-3-1-2-6-23-17/h1-6,11-13H,7-10H2,(H,23,24,25,26). The molecule has 1 aromatic carbocycles. The van der Waals surface area contributed by atoms with Crippen molar-refractivity contribution in [3.05, 3.63) is 72.2 Å². The minimum atomic E-state index is -1.02. The number of anilines is 3. The third-order valence-corrected chi connectivity index (χ3v) is 4.63. The Morgan fingerprint density at radius 1 is 0.897 bits per heavy atom. The monoisotopic (exact) mass is 396 g/mol. The Morgan fingerprint density at radius 3 is 2.45 bits per heavy atom. The zero-order valence-electron chi connectivity index (χ0n) is 15.4. The van der Waals surface area contributed by atoms with Crippen LogP contribution in [0.5, 0.6) is 0 Å². The van der Waals surface area contributed by atoms with Gasteiger partial charge in [-0.2, -0.15) is 0 Å². The second-order valence-corrected chi connectivity index (χ2v) is 6.51. The SMILES string of the molecule is O=C(c1ccc(F)c(F)c1)N1CCN(c2cc(Nc3ccccn3)ncn2)CC1. The van der Waals surface area contributed by atoms with Crippen molar-refractivity contribution in [2.75, 3.05) is 36.4 Å². The van der Waals surface area contributed by atoms with Crippen LogP contribution in [-0.2, 0) is 0 Å². The number of pyridine rings is 1. The van der Waals surface area contributed by atoms with Gasteiger partial charge in [0.2, 0.25) is 0 Å². The average molecular weight is 396 g/mol. The number of rotatable bonds is 4. The maximum Gasteiger partial charge on any atom is 0.254 e. The molecule has 1 fully saturated rings. The summed E-state index contributed by atoms with van der Waals surface area (Å²) in [6.07, 6.45) is 3.16. The minimum absolute atomic E-state index is 0.140. The summed E-state index contributed by atoms with van der Waals surface area (Å²) in [5, 5.41) is 3.12. The van der Waals surface area contributed by atoms with E-state index in [4.69, 9.17) is 0 Å². The van der Waals surface area contributed by atoms with Gasteiger partial charge in [-0.25, -0.2) is 23.7 Å². The molecule has 148 valence electrons. The van der Waals surface area contributed by atoms with Crippen LogP contribution in [0.1, 0.15) is 10.4 Å². The van der Waals surface area contributed by atoms with Gasteiger partial charge < -0.3 is 15.1 Å². The van der Waals surface area contributed by atoms with Gasteiger partial charge in [-0.15, -0.1) is 0 Å². The molecule has 2 aromatic heterocycles. The Bertz CT molecular complexity index is 1010. The van der Waals surface area contributed by atoms with E-state index in [1.165, 1.54) is 12.4 Å². The first-order valence-corrected chi connectivity index (χ1v) is 9.09. The third kappa shape index (κ3) is 4.29. The molecule has 7 nitrogen and oxygen atoms in total. The zero-order chi connectivity index (χ0) is 20.2. The smallest absolute Gasteiger partial charge is 0.254 e. The average Bonchev–Trinajstić information content (AvgIpc) is 2.76. The Morgan fingerprint density at radius 2 is 1.72 bits per heavy atom. The van der Waals surface area contributed by atoms with Crippen molar-refractivity contribution < 1.29 is 13.6 Å². The van der Waals surface area contributed by atoms with E-state index >= 15 is 0 Å². The molecule has 29 heavy (non-hydrogen) atoms. The number of halogens is 2. The highest BCUT2D eigenvalue weighted by atomic mass is 19.2. The summed E-state index contributed by atoms with van der Waals surface area (Å²) in [7, 11) is 0. The van der Waals surface area contributed by atoms with Crippen molar-refractivity contribution >= 4 is 23.4 Å². The van der Waals surface area contributed by atoms with E-state index in [1.54, 1.807) is 11.1 Å². The molecule has 0 unspecified atom stereocenters. The number of hydrogen-bond donors (Lipinski definition) is 1. The van der Waals surface area contributed by atoms with Crippen molar-refractivity contribution in [1.82, 2.24) is 19.9 Å². The summed E-state index contributed by atoms with van der Waals surface area (Å²) in [5.74, 6) is -0.274. The first kappa shape index (κ1) is 18.7. The lowest BCUT2D eigenvalue weighted by Crippen LogP contribution is -2.49. The van der Waals surface area contributed by atoms with Gasteiger partial charge in [-0.05, 0) is 30.3 Å². The molecule has 9 heteroatoms. The molecule has 4 rings (SSSR count). The molecule has 1 saturated heterocycles. The molecule has 1 aliphatic rings. The molecule has 1 N–H and O–H groups in total. The van der Waals surface area contributed by atoms with E-state index in [-0.39, 0.29) is 11.5 Å². The molecule has 0 atom stereocenters. The molecule has 3 heterocycles. The van der Waals surface area contributed by atoms with Gasteiger partial charge in [0.15, 0.2) is 11.6 Å². The van der Waals surface area contributed by atoms with Crippen LogP contribution < -0.4 is 10.2 Å². The number of amides is 1. The van der Waals surface area contributed by atoms with Gasteiger partial charge in [0.25, 0.3) is 5.91 Å². The number of aromatic nitrogens is 3. The maximum absolute atomic E-state index is 13.4. The van der Waals surface area contributed by atoms with Crippen molar-refractivity contribution in [3.8, 4) is 0 Å². The fourth-order valence-corrected chi connectivity index (χ4v) is 3.11. The third-order valence-electron chi connectivity index (χ3n) is 4.63. The molecular formula is C20H18F2N6O. The van der Waals surface area contributed by atoms with Gasteiger partial charge >= 0.3 is 0 Å². The summed E-state index contributed by atoms with van der Waals surface area (Å²) in [4.78, 5) is 28.9. The number of nitrogens with one attached hydrogen (secondary N) is 1. The van der Waals surface area contributed by atoms with Gasteiger partial charge in [0.1, 0.15) is 23.8 Å².